The van der Waals surface area contributed by atoms with Crippen molar-refractivity contribution in [3.63, 3.8) is 0 Å². The largest absolute Gasteiger partial charge is 0.493 e. The SMILES string of the molecule is O=C(NCc1cccc(Cl)c1)c1cnc(-c2ccccn2)nc1O. The molecule has 2 N–H and O–H groups in total. The van der Waals surface area contributed by atoms with Crippen molar-refractivity contribution in [2.45, 2.75) is 6.54 Å². The number of hydrogen-bond donors (Lipinski definition) is 2. The number of carbonyl (C=O) groups is 1. The molecule has 0 radical (unpaired) electrons. The van der Waals surface area contributed by atoms with Crippen LogP contribution in [0.5, 0.6) is 5.88 Å². The molecule has 6 nitrogen and oxygen atoms in total. The monoisotopic (exact) mass is 340 g/mol. The molecule has 0 aliphatic carbocycles. The third-order valence-electron chi connectivity index (χ3n) is 3.25. The summed E-state index contributed by atoms with van der Waals surface area (Å²) in [5.41, 5.74) is 1.36. The lowest BCUT2D eigenvalue weighted by atomic mass is 10.2. The number of rotatable bonds is 4. The molecule has 1 aromatic carbocycles. The van der Waals surface area contributed by atoms with E-state index in [1.165, 1.54) is 6.20 Å². The van der Waals surface area contributed by atoms with Gasteiger partial charge in [0.2, 0.25) is 5.88 Å². The molecule has 0 aliphatic rings. The molecule has 7 heteroatoms. The Balaban J connectivity index is 1.73. The van der Waals surface area contributed by atoms with Crippen molar-refractivity contribution in [3.05, 3.63) is 71.0 Å². The maximum Gasteiger partial charge on any atom is 0.258 e. The van der Waals surface area contributed by atoms with Crippen LogP contribution in [0, 0.1) is 0 Å². The number of aromatic nitrogens is 3. The van der Waals surface area contributed by atoms with Crippen LogP contribution in [0.2, 0.25) is 5.02 Å². The van der Waals surface area contributed by atoms with Crippen LogP contribution in [0.15, 0.2) is 54.9 Å². The molecule has 2 heterocycles. The second-order valence-electron chi connectivity index (χ2n) is 4.96. The Morgan fingerprint density at radius 1 is 1.17 bits per heavy atom. The van der Waals surface area contributed by atoms with Gasteiger partial charge >= 0.3 is 0 Å². The van der Waals surface area contributed by atoms with E-state index < -0.39 is 11.8 Å². The van der Waals surface area contributed by atoms with Crippen LogP contribution < -0.4 is 5.32 Å². The van der Waals surface area contributed by atoms with E-state index in [1.54, 1.807) is 42.6 Å². The van der Waals surface area contributed by atoms with E-state index in [9.17, 15) is 9.90 Å². The van der Waals surface area contributed by atoms with Gasteiger partial charge in [0.15, 0.2) is 5.82 Å². The number of carbonyl (C=O) groups excluding carboxylic acids is 1. The maximum absolute atomic E-state index is 12.2. The van der Waals surface area contributed by atoms with Gasteiger partial charge in [0.1, 0.15) is 11.3 Å². The smallest absolute Gasteiger partial charge is 0.258 e. The van der Waals surface area contributed by atoms with E-state index >= 15 is 0 Å². The lowest BCUT2D eigenvalue weighted by molar-refractivity contribution is 0.0947. The molecular weight excluding hydrogens is 328 g/mol. The second kappa shape index (κ2) is 7.06. The number of aromatic hydroxyl groups is 1. The molecule has 120 valence electrons. The summed E-state index contributed by atoms with van der Waals surface area (Å²) in [7, 11) is 0. The van der Waals surface area contributed by atoms with Crippen LogP contribution >= 0.6 is 11.6 Å². The maximum atomic E-state index is 12.2. The van der Waals surface area contributed by atoms with E-state index in [-0.39, 0.29) is 17.9 Å². The first-order valence-electron chi connectivity index (χ1n) is 7.13. The highest BCUT2D eigenvalue weighted by molar-refractivity contribution is 6.30. The molecule has 0 saturated heterocycles. The van der Waals surface area contributed by atoms with E-state index in [0.29, 0.717) is 10.7 Å². The summed E-state index contributed by atoms with van der Waals surface area (Å²) in [6.07, 6.45) is 2.88. The molecule has 2 aromatic heterocycles. The standard InChI is InChI=1S/C17H13ClN4O2/c18-12-5-3-4-11(8-12)9-21-16(23)13-10-20-15(22-17(13)24)14-6-1-2-7-19-14/h1-8,10H,9H2,(H,21,23)(H,20,22,24). The zero-order valence-electron chi connectivity index (χ0n) is 12.5. The molecule has 24 heavy (non-hydrogen) atoms. The van der Waals surface area contributed by atoms with Gasteiger partial charge in [-0.2, -0.15) is 4.98 Å². The minimum absolute atomic E-state index is 0.00305. The Morgan fingerprint density at radius 3 is 2.75 bits per heavy atom. The lowest BCUT2D eigenvalue weighted by Gasteiger charge is -2.07. The first-order valence-corrected chi connectivity index (χ1v) is 7.51. The van der Waals surface area contributed by atoms with Gasteiger partial charge in [-0.25, -0.2) is 4.98 Å². The molecule has 0 atom stereocenters. The minimum atomic E-state index is -0.472. The first kappa shape index (κ1) is 15.9. The molecule has 0 spiro atoms. The van der Waals surface area contributed by atoms with Gasteiger partial charge in [0, 0.05) is 24.0 Å². The van der Waals surface area contributed by atoms with Crippen molar-refractivity contribution in [3.8, 4) is 17.4 Å². The Morgan fingerprint density at radius 2 is 2.04 bits per heavy atom. The molecule has 0 saturated carbocycles. The molecule has 3 aromatic rings. The average Bonchev–Trinajstić information content (AvgIpc) is 2.60. The summed E-state index contributed by atoms with van der Waals surface area (Å²) in [5, 5.41) is 13.3. The normalized spacial score (nSPS) is 10.4. The molecule has 0 fully saturated rings. The summed E-state index contributed by atoms with van der Waals surface area (Å²) in [5.74, 6) is -0.617. The zero-order valence-corrected chi connectivity index (χ0v) is 13.2. The number of amides is 1. The van der Waals surface area contributed by atoms with Crippen molar-refractivity contribution in [2.75, 3.05) is 0 Å². The second-order valence-corrected chi connectivity index (χ2v) is 5.39. The van der Waals surface area contributed by atoms with E-state index in [1.807, 2.05) is 6.07 Å². The van der Waals surface area contributed by atoms with E-state index in [2.05, 4.69) is 20.3 Å². The highest BCUT2D eigenvalue weighted by Crippen LogP contribution is 2.18. The third kappa shape index (κ3) is 3.67. The molecular formula is C17H13ClN4O2. The molecule has 0 bridgehead atoms. The number of nitrogens with one attached hydrogen (secondary N) is 1. The Bertz CT molecular complexity index is 871. The average molecular weight is 341 g/mol. The fourth-order valence-electron chi connectivity index (χ4n) is 2.08. The molecule has 3 rings (SSSR count). The Kier molecular flexibility index (Phi) is 4.67. The predicted octanol–water partition coefficient (Wildman–Crippen LogP) is 2.83. The molecule has 0 aliphatic heterocycles. The van der Waals surface area contributed by atoms with Gasteiger partial charge in [-0.1, -0.05) is 29.8 Å². The van der Waals surface area contributed by atoms with Crippen molar-refractivity contribution in [2.24, 2.45) is 0 Å². The lowest BCUT2D eigenvalue weighted by Crippen LogP contribution is -2.23. The van der Waals surface area contributed by atoms with Crippen LogP contribution in [-0.2, 0) is 6.54 Å². The third-order valence-corrected chi connectivity index (χ3v) is 3.48. The van der Waals surface area contributed by atoms with Crippen LogP contribution in [0.1, 0.15) is 15.9 Å². The minimum Gasteiger partial charge on any atom is -0.493 e. The van der Waals surface area contributed by atoms with Crippen molar-refractivity contribution in [1.82, 2.24) is 20.3 Å². The number of pyridine rings is 1. The van der Waals surface area contributed by atoms with Crippen LogP contribution in [0.25, 0.3) is 11.5 Å². The van der Waals surface area contributed by atoms with Crippen molar-refractivity contribution < 1.29 is 9.90 Å². The van der Waals surface area contributed by atoms with Crippen LogP contribution in [-0.4, -0.2) is 26.0 Å². The highest BCUT2D eigenvalue weighted by Gasteiger charge is 2.15. The Labute approximate surface area is 143 Å². The summed E-state index contributed by atoms with van der Waals surface area (Å²) in [4.78, 5) is 24.3. The number of halogens is 1. The summed E-state index contributed by atoms with van der Waals surface area (Å²) >= 11 is 5.90. The van der Waals surface area contributed by atoms with Gasteiger partial charge in [0.25, 0.3) is 5.91 Å². The summed E-state index contributed by atoms with van der Waals surface area (Å²) in [6, 6.07) is 12.4. The van der Waals surface area contributed by atoms with E-state index in [0.717, 1.165) is 5.56 Å². The van der Waals surface area contributed by atoms with Gasteiger partial charge in [-0.15, -0.1) is 0 Å². The quantitative estimate of drug-likeness (QED) is 0.762. The zero-order chi connectivity index (χ0) is 16.9. The van der Waals surface area contributed by atoms with E-state index in [4.69, 9.17) is 11.6 Å². The highest BCUT2D eigenvalue weighted by atomic mass is 35.5. The number of hydrogen-bond acceptors (Lipinski definition) is 5. The van der Waals surface area contributed by atoms with Crippen molar-refractivity contribution >= 4 is 17.5 Å². The molecule has 1 amide bonds. The van der Waals surface area contributed by atoms with Gasteiger partial charge in [0.05, 0.1) is 0 Å². The van der Waals surface area contributed by atoms with Gasteiger partial charge in [-0.3, -0.25) is 9.78 Å². The van der Waals surface area contributed by atoms with Crippen LogP contribution in [0.4, 0.5) is 0 Å². The fraction of sp³-hybridized carbons (Fsp3) is 0.0588. The number of benzene rings is 1. The fourth-order valence-corrected chi connectivity index (χ4v) is 2.29. The summed E-state index contributed by atoms with van der Waals surface area (Å²) in [6.45, 7) is 0.279. The Hall–Kier alpha value is -2.99. The van der Waals surface area contributed by atoms with Crippen molar-refractivity contribution in [1.29, 1.82) is 0 Å². The first-order chi connectivity index (χ1) is 11.6. The van der Waals surface area contributed by atoms with Gasteiger partial charge in [-0.05, 0) is 29.8 Å². The summed E-state index contributed by atoms with van der Waals surface area (Å²) < 4.78 is 0. The molecule has 0 unspecified atom stereocenters. The number of nitrogens with zero attached hydrogens (tertiary/aromatic N) is 3. The predicted molar refractivity (Wildman–Crippen MR) is 89.6 cm³/mol. The van der Waals surface area contributed by atoms with Crippen LogP contribution in [0.3, 0.4) is 0 Å². The topological polar surface area (TPSA) is 88.0 Å². The van der Waals surface area contributed by atoms with Gasteiger partial charge < -0.3 is 10.4 Å².